The minimum atomic E-state index is 0.684. The summed E-state index contributed by atoms with van der Waals surface area (Å²) in [6.45, 7) is 1.89. The summed E-state index contributed by atoms with van der Waals surface area (Å²) in [4.78, 5) is 12.4. The van der Waals surface area contributed by atoms with Crippen molar-refractivity contribution in [2.45, 2.75) is 6.92 Å². The molecule has 13 heavy (non-hydrogen) atoms. The van der Waals surface area contributed by atoms with E-state index < -0.39 is 0 Å². The number of hydrogen-bond donors (Lipinski definition) is 1. The van der Waals surface area contributed by atoms with E-state index in [9.17, 15) is 0 Å². The van der Waals surface area contributed by atoms with Crippen molar-refractivity contribution in [1.29, 1.82) is 0 Å². The Labute approximate surface area is 79.5 Å². The van der Waals surface area contributed by atoms with Gasteiger partial charge in [0.15, 0.2) is 0 Å². The first-order chi connectivity index (χ1) is 6.29. The van der Waals surface area contributed by atoms with Gasteiger partial charge in [-0.25, -0.2) is 4.98 Å². The molecule has 2 heterocycles. The molecule has 0 aromatic carbocycles. The molecule has 2 rings (SSSR count). The number of nitrogens with two attached hydrogens (primary N) is 1. The Morgan fingerprint density at radius 2 is 1.92 bits per heavy atom. The molecule has 66 valence electrons. The molecule has 0 aliphatic heterocycles. The van der Waals surface area contributed by atoms with Gasteiger partial charge < -0.3 is 5.73 Å². The topological polar surface area (TPSA) is 64.7 Å². The van der Waals surface area contributed by atoms with E-state index in [1.54, 1.807) is 17.9 Å². The van der Waals surface area contributed by atoms with Gasteiger partial charge >= 0.3 is 0 Å². The zero-order chi connectivity index (χ0) is 9.26. The standard InChI is InChI=1S/C8H8N4S/c1-5-6(11-3-2-10-5)7-8(9)13-4-12-7/h2-4H,9H2,1H3. The van der Waals surface area contributed by atoms with E-state index >= 15 is 0 Å². The number of rotatable bonds is 1. The fourth-order valence-corrected chi connectivity index (χ4v) is 1.61. The molecule has 0 bridgehead atoms. The van der Waals surface area contributed by atoms with Crippen LogP contribution in [0.5, 0.6) is 0 Å². The molecule has 0 atom stereocenters. The Morgan fingerprint density at radius 3 is 2.54 bits per heavy atom. The average Bonchev–Trinajstić information content (AvgIpc) is 2.52. The van der Waals surface area contributed by atoms with Crippen molar-refractivity contribution in [3.63, 3.8) is 0 Å². The second kappa shape index (κ2) is 3.10. The van der Waals surface area contributed by atoms with Crippen molar-refractivity contribution in [3.05, 3.63) is 23.6 Å². The quantitative estimate of drug-likeness (QED) is 0.743. The molecule has 2 aromatic heterocycles. The van der Waals surface area contributed by atoms with Crippen LogP contribution in [0.4, 0.5) is 5.00 Å². The molecule has 0 fully saturated rings. The number of nitrogens with zero attached hydrogens (tertiary/aromatic N) is 3. The zero-order valence-electron chi connectivity index (χ0n) is 7.06. The van der Waals surface area contributed by atoms with Gasteiger partial charge in [0, 0.05) is 12.4 Å². The largest absolute Gasteiger partial charge is 0.389 e. The third kappa shape index (κ3) is 1.38. The monoisotopic (exact) mass is 192 g/mol. The first-order valence-corrected chi connectivity index (χ1v) is 4.64. The van der Waals surface area contributed by atoms with Gasteiger partial charge in [0.05, 0.1) is 11.2 Å². The number of thiazole rings is 1. The van der Waals surface area contributed by atoms with Gasteiger partial charge in [0.2, 0.25) is 0 Å². The number of anilines is 1. The van der Waals surface area contributed by atoms with Gasteiger partial charge in [0.1, 0.15) is 16.4 Å². The minimum absolute atomic E-state index is 0.684. The predicted octanol–water partition coefficient (Wildman–Crippen LogP) is 1.49. The van der Waals surface area contributed by atoms with Gasteiger partial charge in [-0.15, -0.1) is 11.3 Å². The van der Waals surface area contributed by atoms with Gasteiger partial charge in [-0.2, -0.15) is 0 Å². The van der Waals surface area contributed by atoms with Crippen LogP contribution < -0.4 is 5.73 Å². The van der Waals surface area contributed by atoms with Crippen molar-refractivity contribution in [2.24, 2.45) is 0 Å². The zero-order valence-corrected chi connectivity index (χ0v) is 7.88. The van der Waals surface area contributed by atoms with Crippen LogP contribution in [0.25, 0.3) is 11.4 Å². The fourth-order valence-electron chi connectivity index (χ4n) is 1.07. The summed E-state index contributed by atoms with van der Waals surface area (Å²) in [5, 5.41) is 0.684. The van der Waals surface area contributed by atoms with E-state index in [1.807, 2.05) is 6.92 Å². The Balaban J connectivity index is 2.59. The van der Waals surface area contributed by atoms with Crippen LogP contribution >= 0.6 is 11.3 Å². The predicted molar refractivity (Wildman–Crippen MR) is 52.3 cm³/mol. The van der Waals surface area contributed by atoms with E-state index in [-0.39, 0.29) is 0 Å². The van der Waals surface area contributed by atoms with Crippen LogP contribution in [0.15, 0.2) is 17.9 Å². The van der Waals surface area contributed by atoms with Crippen molar-refractivity contribution >= 4 is 16.3 Å². The lowest BCUT2D eigenvalue weighted by Crippen LogP contribution is -1.93. The second-order valence-electron chi connectivity index (χ2n) is 2.56. The summed E-state index contributed by atoms with van der Waals surface area (Å²) in [6.07, 6.45) is 3.29. The van der Waals surface area contributed by atoms with Crippen LogP contribution in [-0.2, 0) is 0 Å². The molecule has 0 unspecified atom stereocenters. The van der Waals surface area contributed by atoms with Gasteiger partial charge in [-0.05, 0) is 6.92 Å². The van der Waals surface area contributed by atoms with Crippen molar-refractivity contribution in [3.8, 4) is 11.4 Å². The van der Waals surface area contributed by atoms with Gasteiger partial charge in [-0.1, -0.05) is 0 Å². The summed E-state index contributed by atoms with van der Waals surface area (Å²) in [6, 6.07) is 0. The van der Waals surface area contributed by atoms with Gasteiger partial charge in [-0.3, -0.25) is 9.97 Å². The molecule has 0 amide bonds. The normalized spacial score (nSPS) is 10.2. The molecular formula is C8H8N4S. The number of aryl methyl sites for hydroxylation is 1. The number of aromatic nitrogens is 3. The Bertz CT molecular complexity index is 424. The second-order valence-corrected chi connectivity index (χ2v) is 3.44. The highest BCUT2D eigenvalue weighted by Crippen LogP contribution is 2.26. The Kier molecular flexibility index (Phi) is 1.94. The van der Waals surface area contributed by atoms with Crippen LogP contribution in [-0.4, -0.2) is 15.0 Å². The molecule has 0 aliphatic rings. The van der Waals surface area contributed by atoms with Crippen LogP contribution in [0.3, 0.4) is 0 Å². The molecule has 0 aliphatic carbocycles. The molecule has 0 radical (unpaired) electrons. The van der Waals surface area contributed by atoms with E-state index in [4.69, 9.17) is 5.73 Å². The lowest BCUT2D eigenvalue weighted by Gasteiger charge is -1.99. The highest BCUT2D eigenvalue weighted by atomic mass is 32.1. The average molecular weight is 192 g/mol. The summed E-state index contributed by atoms with van der Waals surface area (Å²) >= 11 is 1.41. The maximum atomic E-state index is 5.73. The summed E-state index contributed by atoms with van der Waals surface area (Å²) in [5.74, 6) is 0. The Morgan fingerprint density at radius 1 is 1.15 bits per heavy atom. The molecule has 0 saturated carbocycles. The molecule has 5 heteroatoms. The highest BCUT2D eigenvalue weighted by Gasteiger charge is 2.09. The Hall–Kier alpha value is -1.49. The molecule has 4 nitrogen and oxygen atoms in total. The van der Waals surface area contributed by atoms with E-state index in [0.29, 0.717) is 5.00 Å². The maximum absolute atomic E-state index is 5.73. The van der Waals surface area contributed by atoms with E-state index in [1.165, 1.54) is 11.3 Å². The molecule has 2 aromatic rings. The third-order valence-corrected chi connectivity index (χ3v) is 2.36. The van der Waals surface area contributed by atoms with E-state index in [2.05, 4.69) is 15.0 Å². The molecule has 0 spiro atoms. The van der Waals surface area contributed by atoms with Crippen LogP contribution in [0.1, 0.15) is 5.69 Å². The molecular weight excluding hydrogens is 184 g/mol. The molecule has 2 N–H and O–H groups in total. The lowest BCUT2D eigenvalue weighted by molar-refractivity contribution is 1.11. The van der Waals surface area contributed by atoms with Crippen LogP contribution in [0.2, 0.25) is 0 Å². The van der Waals surface area contributed by atoms with Crippen LogP contribution in [0, 0.1) is 6.92 Å². The minimum Gasteiger partial charge on any atom is -0.389 e. The van der Waals surface area contributed by atoms with Gasteiger partial charge in [0.25, 0.3) is 0 Å². The van der Waals surface area contributed by atoms with Crippen molar-refractivity contribution in [2.75, 3.05) is 5.73 Å². The van der Waals surface area contributed by atoms with Crippen molar-refractivity contribution < 1.29 is 0 Å². The summed E-state index contributed by atoms with van der Waals surface area (Å²) in [7, 11) is 0. The lowest BCUT2D eigenvalue weighted by atomic mass is 10.2. The molecule has 0 saturated heterocycles. The van der Waals surface area contributed by atoms with Crippen molar-refractivity contribution in [1.82, 2.24) is 15.0 Å². The number of hydrogen-bond acceptors (Lipinski definition) is 5. The maximum Gasteiger partial charge on any atom is 0.125 e. The summed E-state index contributed by atoms with van der Waals surface area (Å²) < 4.78 is 0. The smallest absolute Gasteiger partial charge is 0.125 e. The SMILES string of the molecule is Cc1nccnc1-c1ncsc1N. The summed E-state index contributed by atoms with van der Waals surface area (Å²) in [5.41, 5.74) is 9.78. The van der Waals surface area contributed by atoms with E-state index in [0.717, 1.165) is 17.1 Å². The first-order valence-electron chi connectivity index (χ1n) is 3.76. The fraction of sp³-hybridized carbons (Fsp3) is 0.125. The highest BCUT2D eigenvalue weighted by molar-refractivity contribution is 7.14. The first kappa shape index (κ1) is 8.12. The third-order valence-electron chi connectivity index (χ3n) is 1.70. The number of nitrogen functional groups attached to an aromatic ring is 1.